The molecule has 0 saturated carbocycles. The number of carbonyl (C=O) groups excluding carboxylic acids is 1. The number of nitrogens with zero attached hydrogens (tertiary/aromatic N) is 2. The Morgan fingerprint density at radius 3 is 2.55 bits per heavy atom. The van der Waals surface area contributed by atoms with E-state index < -0.39 is 0 Å². The minimum Gasteiger partial charge on any atom is -0.495 e. The number of halogens is 1. The lowest BCUT2D eigenvalue weighted by Gasteiger charge is -2.08. The van der Waals surface area contributed by atoms with Gasteiger partial charge in [-0.05, 0) is 38.1 Å². The third-order valence-electron chi connectivity index (χ3n) is 2.73. The summed E-state index contributed by atoms with van der Waals surface area (Å²) in [5.41, 5.74) is 2.40. The molecule has 0 bridgehead atoms. The van der Waals surface area contributed by atoms with Crippen molar-refractivity contribution >= 4 is 35.0 Å². The van der Waals surface area contributed by atoms with Crippen LogP contribution in [0.1, 0.15) is 11.4 Å². The lowest BCUT2D eigenvalue weighted by atomic mass is 10.3. The molecule has 2 aromatic rings. The highest BCUT2D eigenvalue weighted by Gasteiger charge is 2.08. The average molecular weight is 338 g/mol. The lowest BCUT2D eigenvalue weighted by Crippen LogP contribution is -2.14. The van der Waals surface area contributed by atoms with Crippen LogP contribution < -0.4 is 10.1 Å². The quantitative estimate of drug-likeness (QED) is 0.668. The first-order valence-corrected chi connectivity index (χ1v) is 7.93. The maximum Gasteiger partial charge on any atom is 0.234 e. The van der Waals surface area contributed by atoms with Gasteiger partial charge in [-0.2, -0.15) is 0 Å². The van der Waals surface area contributed by atoms with E-state index in [9.17, 15) is 4.79 Å². The molecule has 0 spiro atoms. The maximum atomic E-state index is 12.0. The molecule has 0 saturated heterocycles. The first-order valence-electron chi connectivity index (χ1n) is 6.56. The molecule has 22 heavy (non-hydrogen) atoms. The fraction of sp³-hybridized carbons (Fsp3) is 0.267. The van der Waals surface area contributed by atoms with E-state index in [-0.39, 0.29) is 11.7 Å². The molecule has 0 unspecified atom stereocenters. The van der Waals surface area contributed by atoms with E-state index in [0.717, 1.165) is 11.4 Å². The summed E-state index contributed by atoms with van der Waals surface area (Å²) in [6, 6.07) is 6.98. The molecule has 0 aliphatic rings. The van der Waals surface area contributed by atoms with Crippen LogP contribution in [0.3, 0.4) is 0 Å². The van der Waals surface area contributed by atoms with Crippen molar-refractivity contribution in [3.63, 3.8) is 0 Å². The zero-order valence-corrected chi connectivity index (χ0v) is 14.1. The highest BCUT2D eigenvalue weighted by molar-refractivity contribution is 7.99. The number of anilines is 1. The summed E-state index contributed by atoms with van der Waals surface area (Å²) < 4.78 is 5.07. The SMILES string of the molecule is COc1ccc(NC(=O)CSc2nc(C)cc(C)n2)cc1Cl. The number of methoxy groups -OCH3 is 1. The van der Waals surface area contributed by atoms with Crippen molar-refractivity contribution in [3.05, 3.63) is 40.7 Å². The number of nitrogens with one attached hydrogen (secondary N) is 1. The summed E-state index contributed by atoms with van der Waals surface area (Å²) in [4.78, 5) is 20.5. The second kappa shape index (κ2) is 7.47. The van der Waals surface area contributed by atoms with Crippen LogP contribution in [-0.2, 0) is 4.79 Å². The van der Waals surface area contributed by atoms with Gasteiger partial charge in [0.15, 0.2) is 5.16 Å². The van der Waals surface area contributed by atoms with Crippen LogP contribution in [0.5, 0.6) is 5.75 Å². The summed E-state index contributed by atoms with van der Waals surface area (Å²) in [6.45, 7) is 3.80. The van der Waals surface area contributed by atoms with Gasteiger partial charge in [0, 0.05) is 17.1 Å². The Bertz CT molecular complexity index is 674. The molecule has 0 radical (unpaired) electrons. The largest absolute Gasteiger partial charge is 0.495 e. The third kappa shape index (κ3) is 4.61. The minimum absolute atomic E-state index is 0.144. The van der Waals surface area contributed by atoms with Crippen LogP contribution in [-0.4, -0.2) is 28.7 Å². The number of aromatic nitrogens is 2. The maximum absolute atomic E-state index is 12.0. The second-order valence-corrected chi connectivity index (χ2v) is 5.97. The lowest BCUT2D eigenvalue weighted by molar-refractivity contribution is -0.113. The Hall–Kier alpha value is -1.79. The van der Waals surface area contributed by atoms with Crippen LogP contribution in [0, 0.1) is 13.8 Å². The molecule has 1 N–H and O–H groups in total. The standard InChI is InChI=1S/C15H16ClN3O2S/c1-9-6-10(2)18-15(17-9)22-8-14(20)19-11-4-5-13(21-3)12(16)7-11/h4-7H,8H2,1-3H3,(H,19,20). The van der Waals surface area contributed by atoms with Crippen molar-refractivity contribution < 1.29 is 9.53 Å². The van der Waals surface area contributed by atoms with Gasteiger partial charge in [0.1, 0.15) is 5.75 Å². The van der Waals surface area contributed by atoms with Gasteiger partial charge in [0.05, 0.1) is 17.9 Å². The van der Waals surface area contributed by atoms with Gasteiger partial charge < -0.3 is 10.1 Å². The van der Waals surface area contributed by atoms with E-state index in [1.807, 2.05) is 19.9 Å². The summed E-state index contributed by atoms with van der Waals surface area (Å²) in [6.07, 6.45) is 0. The first kappa shape index (κ1) is 16.6. The molecule has 7 heteroatoms. The molecular weight excluding hydrogens is 322 g/mol. The van der Waals surface area contributed by atoms with Gasteiger partial charge >= 0.3 is 0 Å². The molecule has 5 nitrogen and oxygen atoms in total. The van der Waals surface area contributed by atoms with Crippen molar-refractivity contribution in [1.29, 1.82) is 0 Å². The average Bonchev–Trinajstić information content (AvgIpc) is 2.44. The van der Waals surface area contributed by atoms with E-state index in [1.54, 1.807) is 25.3 Å². The van der Waals surface area contributed by atoms with E-state index in [4.69, 9.17) is 16.3 Å². The highest BCUT2D eigenvalue weighted by atomic mass is 35.5. The summed E-state index contributed by atoms with van der Waals surface area (Å²) in [7, 11) is 1.54. The number of hydrogen-bond acceptors (Lipinski definition) is 5. The highest BCUT2D eigenvalue weighted by Crippen LogP contribution is 2.27. The molecule has 116 valence electrons. The van der Waals surface area contributed by atoms with Gasteiger partial charge in [0.25, 0.3) is 0 Å². The Morgan fingerprint density at radius 2 is 1.95 bits per heavy atom. The Balaban J connectivity index is 1.94. The topological polar surface area (TPSA) is 64.1 Å². The van der Waals surface area contributed by atoms with Crippen LogP contribution in [0.25, 0.3) is 0 Å². The molecule has 1 amide bonds. The fourth-order valence-corrected chi connectivity index (χ4v) is 2.84. The number of carbonyl (C=O) groups is 1. The van der Waals surface area contributed by atoms with E-state index >= 15 is 0 Å². The zero-order valence-electron chi connectivity index (χ0n) is 12.5. The number of ether oxygens (including phenoxy) is 1. The minimum atomic E-state index is -0.144. The normalized spacial score (nSPS) is 10.4. The number of rotatable bonds is 5. The van der Waals surface area contributed by atoms with Crippen LogP contribution in [0.15, 0.2) is 29.4 Å². The fourth-order valence-electron chi connectivity index (χ4n) is 1.83. The monoisotopic (exact) mass is 337 g/mol. The Labute approximate surface area is 138 Å². The van der Waals surface area contributed by atoms with Crippen molar-refractivity contribution in [1.82, 2.24) is 9.97 Å². The summed E-state index contributed by atoms with van der Waals surface area (Å²) in [5, 5.41) is 3.83. The molecule has 1 aromatic carbocycles. The van der Waals surface area contributed by atoms with Crippen LogP contribution in [0.2, 0.25) is 5.02 Å². The predicted octanol–water partition coefficient (Wildman–Crippen LogP) is 3.49. The van der Waals surface area contributed by atoms with Gasteiger partial charge in [-0.3, -0.25) is 4.79 Å². The third-order valence-corrected chi connectivity index (χ3v) is 3.87. The number of benzene rings is 1. The van der Waals surface area contributed by atoms with Crippen molar-refractivity contribution in [2.45, 2.75) is 19.0 Å². The van der Waals surface area contributed by atoms with Gasteiger partial charge in [-0.15, -0.1) is 0 Å². The Morgan fingerprint density at radius 1 is 1.27 bits per heavy atom. The van der Waals surface area contributed by atoms with E-state index in [2.05, 4.69) is 15.3 Å². The van der Waals surface area contributed by atoms with E-state index in [0.29, 0.717) is 21.6 Å². The van der Waals surface area contributed by atoms with Crippen molar-refractivity contribution in [2.24, 2.45) is 0 Å². The number of amides is 1. The molecule has 1 aromatic heterocycles. The summed E-state index contributed by atoms with van der Waals surface area (Å²) in [5.74, 6) is 0.652. The molecule has 1 heterocycles. The Kier molecular flexibility index (Phi) is 5.63. The molecule has 0 aliphatic heterocycles. The molecule has 0 fully saturated rings. The molecule has 2 rings (SSSR count). The van der Waals surface area contributed by atoms with E-state index in [1.165, 1.54) is 11.8 Å². The first-order chi connectivity index (χ1) is 10.5. The summed E-state index contributed by atoms with van der Waals surface area (Å²) >= 11 is 7.32. The van der Waals surface area contributed by atoms with Crippen molar-refractivity contribution in [3.8, 4) is 5.75 Å². The van der Waals surface area contributed by atoms with Gasteiger partial charge in [0.2, 0.25) is 5.91 Å². The second-order valence-electron chi connectivity index (χ2n) is 4.62. The van der Waals surface area contributed by atoms with Crippen LogP contribution >= 0.6 is 23.4 Å². The van der Waals surface area contributed by atoms with Crippen molar-refractivity contribution in [2.75, 3.05) is 18.2 Å². The number of thioether (sulfide) groups is 1. The molecule has 0 atom stereocenters. The number of aryl methyl sites for hydroxylation is 2. The molecular formula is C15H16ClN3O2S. The molecule has 0 aliphatic carbocycles. The smallest absolute Gasteiger partial charge is 0.234 e. The predicted molar refractivity (Wildman–Crippen MR) is 88.9 cm³/mol. The van der Waals surface area contributed by atoms with Crippen LogP contribution in [0.4, 0.5) is 5.69 Å². The number of hydrogen-bond donors (Lipinski definition) is 1. The van der Waals surface area contributed by atoms with Gasteiger partial charge in [-0.1, -0.05) is 23.4 Å². The zero-order chi connectivity index (χ0) is 16.1. The van der Waals surface area contributed by atoms with Gasteiger partial charge in [-0.25, -0.2) is 9.97 Å².